The molecule has 0 radical (unpaired) electrons. The van der Waals surface area contributed by atoms with E-state index in [2.05, 4.69) is 41.4 Å². The Morgan fingerprint density at radius 1 is 1.07 bits per heavy atom. The third kappa shape index (κ3) is 4.82. The lowest BCUT2D eigenvalue weighted by atomic mass is 10.0. The van der Waals surface area contributed by atoms with Crippen LogP contribution < -0.4 is 5.32 Å². The number of pyridine rings is 1. The summed E-state index contributed by atoms with van der Waals surface area (Å²) in [5.41, 5.74) is 4.98. The Labute approximate surface area is 160 Å². The molecule has 5 nitrogen and oxygen atoms in total. The van der Waals surface area contributed by atoms with Crippen molar-refractivity contribution >= 4 is 5.91 Å². The molecule has 2 aromatic heterocycles. The van der Waals surface area contributed by atoms with Crippen LogP contribution in [0.2, 0.25) is 0 Å². The summed E-state index contributed by atoms with van der Waals surface area (Å²) in [5.74, 6) is 0.487. The van der Waals surface area contributed by atoms with Crippen molar-refractivity contribution in [2.75, 3.05) is 0 Å². The van der Waals surface area contributed by atoms with Crippen LogP contribution in [0.1, 0.15) is 55.2 Å². The van der Waals surface area contributed by atoms with E-state index >= 15 is 0 Å². The molecule has 0 spiro atoms. The van der Waals surface area contributed by atoms with Crippen LogP contribution >= 0.6 is 0 Å². The summed E-state index contributed by atoms with van der Waals surface area (Å²) in [6, 6.07) is 13.9. The molecule has 3 rings (SSSR count). The van der Waals surface area contributed by atoms with Crippen molar-refractivity contribution in [3.63, 3.8) is 0 Å². The predicted octanol–water partition coefficient (Wildman–Crippen LogP) is 4.12. The second kappa shape index (κ2) is 8.16. The van der Waals surface area contributed by atoms with E-state index in [1.54, 1.807) is 10.9 Å². The van der Waals surface area contributed by atoms with Crippen molar-refractivity contribution in [3.05, 3.63) is 77.4 Å². The minimum absolute atomic E-state index is 0.00613. The normalized spacial score (nSPS) is 12.2. The Hall–Kier alpha value is -2.95. The second-order valence-electron chi connectivity index (χ2n) is 7.21. The van der Waals surface area contributed by atoms with Crippen molar-refractivity contribution in [1.82, 2.24) is 20.1 Å². The van der Waals surface area contributed by atoms with E-state index < -0.39 is 0 Å². The molecule has 1 amide bonds. The van der Waals surface area contributed by atoms with Crippen LogP contribution in [0.4, 0.5) is 0 Å². The zero-order valence-corrected chi connectivity index (χ0v) is 16.3. The van der Waals surface area contributed by atoms with Crippen LogP contribution in [0.25, 0.3) is 5.69 Å². The number of carbonyl (C=O) groups excluding carboxylic acids is 1. The van der Waals surface area contributed by atoms with Gasteiger partial charge in [0.05, 0.1) is 35.7 Å². The van der Waals surface area contributed by atoms with Gasteiger partial charge in [-0.15, -0.1) is 0 Å². The summed E-state index contributed by atoms with van der Waals surface area (Å²) in [4.78, 5) is 16.8. The fourth-order valence-corrected chi connectivity index (χ4v) is 2.92. The van der Waals surface area contributed by atoms with Crippen molar-refractivity contribution in [1.29, 1.82) is 0 Å². The Balaban J connectivity index is 1.59. The molecular weight excluding hydrogens is 336 g/mol. The zero-order valence-electron chi connectivity index (χ0n) is 16.3. The van der Waals surface area contributed by atoms with E-state index in [1.807, 2.05) is 50.4 Å². The Kier molecular flexibility index (Phi) is 5.69. The number of rotatable bonds is 6. The van der Waals surface area contributed by atoms with E-state index in [9.17, 15) is 4.79 Å². The molecule has 5 heteroatoms. The maximum absolute atomic E-state index is 12.4. The van der Waals surface area contributed by atoms with Crippen molar-refractivity contribution < 1.29 is 4.79 Å². The fourth-order valence-electron chi connectivity index (χ4n) is 2.92. The zero-order chi connectivity index (χ0) is 19.4. The molecule has 1 atom stereocenters. The average molecular weight is 362 g/mol. The minimum atomic E-state index is -0.152. The molecule has 1 aromatic carbocycles. The molecule has 0 saturated heterocycles. The highest BCUT2D eigenvalue weighted by Crippen LogP contribution is 2.16. The van der Waals surface area contributed by atoms with E-state index in [-0.39, 0.29) is 11.9 Å². The number of aryl methyl sites for hydroxylation is 1. The maximum atomic E-state index is 12.4. The standard InChI is InChI=1S/C22H26N4O/c1-15(2)19-7-5-18(6-8-19)13-22(27)24-17(4)21-10-9-20(14-23-21)26-12-11-16(3)25-26/h5-12,14-15,17H,13H2,1-4H3,(H,24,27)/t17-/m1/s1. The number of amides is 1. The molecule has 0 fully saturated rings. The molecule has 0 aliphatic carbocycles. The first-order chi connectivity index (χ1) is 12.9. The Morgan fingerprint density at radius 3 is 2.37 bits per heavy atom. The lowest BCUT2D eigenvalue weighted by Crippen LogP contribution is -2.28. The third-order valence-corrected chi connectivity index (χ3v) is 4.59. The maximum Gasteiger partial charge on any atom is 0.224 e. The Bertz CT molecular complexity index is 895. The number of carbonyl (C=O) groups is 1. The van der Waals surface area contributed by atoms with Gasteiger partial charge in [-0.2, -0.15) is 5.10 Å². The monoisotopic (exact) mass is 362 g/mol. The molecule has 1 N–H and O–H groups in total. The summed E-state index contributed by atoms with van der Waals surface area (Å²) in [7, 11) is 0. The van der Waals surface area contributed by atoms with Crippen LogP contribution in [0.5, 0.6) is 0 Å². The first-order valence-corrected chi connectivity index (χ1v) is 9.29. The van der Waals surface area contributed by atoms with E-state index in [1.165, 1.54) is 5.56 Å². The van der Waals surface area contributed by atoms with Gasteiger partial charge in [-0.25, -0.2) is 4.68 Å². The van der Waals surface area contributed by atoms with Gasteiger partial charge in [0.15, 0.2) is 0 Å². The first-order valence-electron chi connectivity index (χ1n) is 9.29. The van der Waals surface area contributed by atoms with Crippen molar-refractivity contribution in [3.8, 4) is 5.69 Å². The van der Waals surface area contributed by atoms with E-state index in [0.717, 1.165) is 22.6 Å². The Morgan fingerprint density at radius 2 is 1.81 bits per heavy atom. The molecule has 3 aromatic rings. The topological polar surface area (TPSA) is 59.8 Å². The van der Waals surface area contributed by atoms with Crippen molar-refractivity contribution in [2.45, 2.75) is 46.1 Å². The van der Waals surface area contributed by atoms with Gasteiger partial charge in [0, 0.05) is 6.20 Å². The number of hydrogen-bond donors (Lipinski definition) is 1. The minimum Gasteiger partial charge on any atom is -0.348 e. The highest BCUT2D eigenvalue weighted by atomic mass is 16.1. The molecule has 2 heterocycles. The number of nitrogens with one attached hydrogen (secondary N) is 1. The van der Waals surface area contributed by atoms with Gasteiger partial charge in [-0.05, 0) is 49.1 Å². The van der Waals surface area contributed by atoms with Gasteiger partial charge in [-0.3, -0.25) is 9.78 Å². The number of benzene rings is 1. The predicted molar refractivity (Wildman–Crippen MR) is 107 cm³/mol. The van der Waals surface area contributed by atoms with Gasteiger partial charge < -0.3 is 5.32 Å². The van der Waals surface area contributed by atoms with E-state index in [0.29, 0.717) is 12.3 Å². The smallest absolute Gasteiger partial charge is 0.224 e. The molecule has 0 aliphatic rings. The molecule has 27 heavy (non-hydrogen) atoms. The summed E-state index contributed by atoms with van der Waals surface area (Å²) in [5, 5.41) is 7.40. The molecule has 0 bridgehead atoms. The van der Waals surface area contributed by atoms with Gasteiger partial charge >= 0.3 is 0 Å². The highest BCUT2D eigenvalue weighted by molar-refractivity contribution is 5.78. The fraction of sp³-hybridized carbons (Fsp3) is 0.318. The van der Waals surface area contributed by atoms with Crippen molar-refractivity contribution in [2.24, 2.45) is 0 Å². The van der Waals surface area contributed by atoms with Gasteiger partial charge in [-0.1, -0.05) is 38.1 Å². The summed E-state index contributed by atoms with van der Waals surface area (Å²) in [6.45, 7) is 8.22. The second-order valence-corrected chi connectivity index (χ2v) is 7.21. The van der Waals surface area contributed by atoms with Crippen LogP contribution in [-0.4, -0.2) is 20.7 Å². The summed E-state index contributed by atoms with van der Waals surface area (Å²) < 4.78 is 1.79. The summed E-state index contributed by atoms with van der Waals surface area (Å²) >= 11 is 0. The molecule has 0 saturated carbocycles. The van der Waals surface area contributed by atoms with Gasteiger partial charge in [0.2, 0.25) is 5.91 Å². The third-order valence-electron chi connectivity index (χ3n) is 4.59. The average Bonchev–Trinajstić information content (AvgIpc) is 3.08. The molecular formula is C22H26N4O. The molecule has 0 unspecified atom stereocenters. The SMILES string of the molecule is Cc1ccn(-c2ccc([C@@H](C)NC(=O)Cc3ccc(C(C)C)cc3)nc2)n1. The number of aromatic nitrogens is 3. The number of hydrogen-bond acceptors (Lipinski definition) is 3. The van der Waals surface area contributed by atoms with Crippen LogP contribution in [0, 0.1) is 6.92 Å². The highest BCUT2D eigenvalue weighted by Gasteiger charge is 2.12. The molecule has 140 valence electrons. The first kappa shape index (κ1) is 18.8. The number of nitrogens with zero attached hydrogens (tertiary/aromatic N) is 3. The van der Waals surface area contributed by atoms with Gasteiger partial charge in [0.25, 0.3) is 0 Å². The van der Waals surface area contributed by atoms with E-state index in [4.69, 9.17) is 0 Å². The van der Waals surface area contributed by atoms with Crippen LogP contribution in [-0.2, 0) is 11.2 Å². The van der Waals surface area contributed by atoms with Crippen LogP contribution in [0.3, 0.4) is 0 Å². The largest absolute Gasteiger partial charge is 0.348 e. The summed E-state index contributed by atoms with van der Waals surface area (Å²) in [6.07, 6.45) is 4.05. The quantitative estimate of drug-likeness (QED) is 0.717. The lowest BCUT2D eigenvalue weighted by molar-refractivity contribution is -0.121. The molecule has 0 aliphatic heterocycles. The van der Waals surface area contributed by atoms with Gasteiger partial charge in [0.1, 0.15) is 0 Å². The lowest BCUT2D eigenvalue weighted by Gasteiger charge is -2.14. The van der Waals surface area contributed by atoms with Crippen LogP contribution in [0.15, 0.2) is 54.9 Å².